The highest BCUT2D eigenvalue weighted by Gasteiger charge is 2.13. The number of aromatic nitrogens is 2. The largest absolute Gasteiger partial charge is 0.340 e. The molecule has 0 aliphatic rings. The van der Waals surface area contributed by atoms with Gasteiger partial charge in [0.2, 0.25) is 0 Å². The lowest BCUT2D eigenvalue weighted by Gasteiger charge is -2.10. The molecule has 3 aromatic rings. The van der Waals surface area contributed by atoms with Crippen LogP contribution in [0.5, 0.6) is 0 Å². The molecule has 2 aromatic carbocycles. The first-order chi connectivity index (χ1) is 12.0. The zero-order chi connectivity index (χ0) is 17.8. The van der Waals surface area contributed by atoms with Crippen molar-refractivity contribution in [3.63, 3.8) is 0 Å². The number of rotatable bonds is 4. The Morgan fingerprint density at radius 1 is 1.00 bits per heavy atom. The van der Waals surface area contributed by atoms with Crippen LogP contribution in [0.2, 0.25) is 0 Å². The highest BCUT2D eigenvalue weighted by atomic mass is 19.1. The Morgan fingerprint density at radius 3 is 2.56 bits per heavy atom. The van der Waals surface area contributed by atoms with Crippen LogP contribution < -0.4 is 10.6 Å². The predicted molar refractivity (Wildman–Crippen MR) is 95.6 cm³/mol. The van der Waals surface area contributed by atoms with Crippen LogP contribution in [0.4, 0.5) is 21.6 Å². The zero-order valence-corrected chi connectivity index (χ0v) is 13.9. The normalized spacial score (nSPS) is 10.4. The highest BCUT2D eigenvalue weighted by molar-refractivity contribution is 6.03. The number of hydrogen-bond acceptors (Lipinski definition) is 4. The lowest BCUT2D eigenvalue weighted by Crippen LogP contribution is -2.16. The zero-order valence-electron chi connectivity index (χ0n) is 13.9. The molecule has 0 fully saturated rings. The first-order valence-corrected chi connectivity index (χ1v) is 7.76. The van der Waals surface area contributed by atoms with Crippen molar-refractivity contribution in [3.05, 3.63) is 77.5 Å². The van der Waals surface area contributed by atoms with E-state index in [1.165, 1.54) is 18.2 Å². The smallest absolute Gasteiger partial charge is 0.274 e. The minimum Gasteiger partial charge on any atom is -0.340 e. The number of carbonyl (C=O) groups excluding carboxylic acids is 1. The Hall–Kier alpha value is -3.28. The van der Waals surface area contributed by atoms with Gasteiger partial charge in [0, 0.05) is 11.8 Å². The fourth-order valence-corrected chi connectivity index (χ4v) is 2.37. The number of nitrogens with zero attached hydrogens (tertiary/aromatic N) is 2. The van der Waals surface area contributed by atoms with Crippen LogP contribution in [-0.2, 0) is 0 Å². The van der Waals surface area contributed by atoms with Crippen molar-refractivity contribution in [1.29, 1.82) is 0 Å². The predicted octanol–water partition coefficient (Wildman–Crippen LogP) is 4.23. The minimum absolute atomic E-state index is 0.108. The van der Waals surface area contributed by atoms with Gasteiger partial charge in [-0.3, -0.25) is 4.79 Å². The molecule has 2 N–H and O–H groups in total. The lowest BCUT2D eigenvalue weighted by molar-refractivity contribution is 0.102. The van der Waals surface area contributed by atoms with E-state index in [-0.39, 0.29) is 11.4 Å². The van der Waals surface area contributed by atoms with Gasteiger partial charge in [-0.15, -0.1) is 0 Å². The van der Waals surface area contributed by atoms with Gasteiger partial charge in [0.05, 0.1) is 5.69 Å². The molecule has 1 amide bonds. The summed E-state index contributed by atoms with van der Waals surface area (Å²) in [5.74, 6) is -0.0595. The number of amides is 1. The molecule has 1 heterocycles. The summed E-state index contributed by atoms with van der Waals surface area (Å²) in [6.07, 6.45) is 0. The number of carbonyl (C=O) groups is 1. The van der Waals surface area contributed by atoms with Gasteiger partial charge >= 0.3 is 0 Å². The molecule has 0 saturated heterocycles. The van der Waals surface area contributed by atoms with Crippen molar-refractivity contribution in [2.75, 3.05) is 10.6 Å². The van der Waals surface area contributed by atoms with Crippen LogP contribution in [-0.4, -0.2) is 15.9 Å². The van der Waals surface area contributed by atoms with Crippen molar-refractivity contribution in [1.82, 2.24) is 9.97 Å². The van der Waals surface area contributed by atoms with Gasteiger partial charge in [-0.25, -0.2) is 14.4 Å². The number of anilines is 3. The topological polar surface area (TPSA) is 66.9 Å². The van der Waals surface area contributed by atoms with Gasteiger partial charge < -0.3 is 10.6 Å². The first-order valence-electron chi connectivity index (χ1n) is 7.76. The molecule has 0 bridgehead atoms. The van der Waals surface area contributed by atoms with Gasteiger partial charge in [-0.1, -0.05) is 24.3 Å². The van der Waals surface area contributed by atoms with Crippen LogP contribution in [0.25, 0.3) is 0 Å². The minimum atomic E-state index is -0.500. The van der Waals surface area contributed by atoms with Gasteiger partial charge in [0.1, 0.15) is 23.2 Å². The molecule has 126 valence electrons. The van der Waals surface area contributed by atoms with E-state index >= 15 is 0 Å². The summed E-state index contributed by atoms with van der Waals surface area (Å²) in [5.41, 5.74) is 2.23. The van der Waals surface area contributed by atoms with Gasteiger partial charge in [-0.2, -0.15) is 0 Å². The summed E-state index contributed by atoms with van der Waals surface area (Å²) in [5, 5.41) is 5.67. The Bertz CT molecular complexity index is 927. The molecular weight excluding hydrogens is 319 g/mol. The van der Waals surface area contributed by atoms with Crippen LogP contribution in [0.15, 0.2) is 54.6 Å². The summed E-state index contributed by atoms with van der Waals surface area (Å²) in [7, 11) is 0. The summed E-state index contributed by atoms with van der Waals surface area (Å²) in [6, 6.07) is 15.3. The quantitative estimate of drug-likeness (QED) is 0.748. The van der Waals surface area contributed by atoms with Crippen LogP contribution in [0.1, 0.15) is 21.9 Å². The van der Waals surface area contributed by atoms with Gasteiger partial charge in [-0.05, 0) is 43.7 Å². The second-order valence-corrected chi connectivity index (χ2v) is 5.61. The fourth-order valence-electron chi connectivity index (χ4n) is 2.37. The average molecular weight is 336 g/mol. The number of benzene rings is 2. The van der Waals surface area contributed by atoms with E-state index in [0.29, 0.717) is 11.6 Å². The number of halogens is 1. The van der Waals surface area contributed by atoms with Crippen molar-refractivity contribution < 1.29 is 9.18 Å². The van der Waals surface area contributed by atoms with E-state index in [1.807, 2.05) is 31.2 Å². The summed E-state index contributed by atoms with van der Waals surface area (Å²) in [4.78, 5) is 20.8. The van der Waals surface area contributed by atoms with Crippen LogP contribution in [0, 0.1) is 19.7 Å². The fraction of sp³-hybridized carbons (Fsp3) is 0.105. The molecule has 6 heteroatoms. The lowest BCUT2D eigenvalue weighted by atomic mass is 10.2. The monoisotopic (exact) mass is 336 g/mol. The Morgan fingerprint density at radius 2 is 1.80 bits per heavy atom. The van der Waals surface area contributed by atoms with E-state index in [4.69, 9.17) is 0 Å². The molecule has 3 rings (SSSR count). The second kappa shape index (κ2) is 7.09. The standard InChI is InChI=1S/C19H17FN4O/c1-12-6-5-7-14(10-12)23-18-11-17(21-13(2)22-18)19(25)24-16-9-4-3-8-15(16)20/h3-11H,1-2H3,(H,24,25)(H,21,22,23). The number of aryl methyl sites for hydroxylation is 2. The molecule has 0 saturated carbocycles. The molecule has 0 radical (unpaired) electrons. The van der Waals surface area contributed by atoms with E-state index in [0.717, 1.165) is 11.3 Å². The van der Waals surface area contributed by atoms with E-state index in [9.17, 15) is 9.18 Å². The molecule has 0 spiro atoms. The van der Waals surface area contributed by atoms with Crippen molar-refractivity contribution in [2.24, 2.45) is 0 Å². The molecule has 5 nitrogen and oxygen atoms in total. The Labute approximate surface area is 145 Å². The maximum absolute atomic E-state index is 13.7. The van der Waals surface area contributed by atoms with Crippen LogP contribution in [0.3, 0.4) is 0 Å². The third kappa shape index (κ3) is 4.17. The van der Waals surface area contributed by atoms with E-state index in [2.05, 4.69) is 20.6 Å². The van der Waals surface area contributed by atoms with Gasteiger partial charge in [0.25, 0.3) is 5.91 Å². The van der Waals surface area contributed by atoms with E-state index < -0.39 is 11.7 Å². The SMILES string of the molecule is Cc1cccc(Nc2cc(C(=O)Nc3ccccc3F)nc(C)n2)c1. The summed E-state index contributed by atoms with van der Waals surface area (Å²) < 4.78 is 13.7. The molecule has 0 atom stereocenters. The molecular formula is C19H17FN4O. The number of para-hydroxylation sites is 1. The number of nitrogens with one attached hydrogen (secondary N) is 2. The third-order valence-electron chi connectivity index (χ3n) is 3.48. The number of hydrogen-bond donors (Lipinski definition) is 2. The highest BCUT2D eigenvalue weighted by Crippen LogP contribution is 2.18. The van der Waals surface area contributed by atoms with E-state index in [1.54, 1.807) is 19.1 Å². The maximum atomic E-state index is 13.7. The van der Waals surface area contributed by atoms with Crippen molar-refractivity contribution >= 4 is 23.1 Å². The van der Waals surface area contributed by atoms with Gasteiger partial charge in [0.15, 0.2) is 0 Å². The molecule has 0 aliphatic heterocycles. The van der Waals surface area contributed by atoms with Crippen LogP contribution >= 0.6 is 0 Å². The molecule has 25 heavy (non-hydrogen) atoms. The summed E-state index contributed by atoms with van der Waals surface area (Å²) >= 11 is 0. The Balaban J connectivity index is 1.83. The molecule has 0 unspecified atom stereocenters. The molecule has 1 aromatic heterocycles. The second-order valence-electron chi connectivity index (χ2n) is 5.61. The van der Waals surface area contributed by atoms with Crippen molar-refractivity contribution in [2.45, 2.75) is 13.8 Å². The van der Waals surface area contributed by atoms with Crippen molar-refractivity contribution in [3.8, 4) is 0 Å². The molecule has 0 aliphatic carbocycles. The average Bonchev–Trinajstić information content (AvgIpc) is 2.56. The Kier molecular flexibility index (Phi) is 4.70. The summed E-state index contributed by atoms with van der Waals surface area (Å²) in [6.45, 7) is 3.69. The first kappa shape index (κ1) is 16.6. The third-order valence-corrected chi connectivity index (χ3v) is 3.48. The maximum Gasteiger partial charge on any atom is 0.274 e.